The van der Waals surface area contributed by atoms with Crippen LogP contribution >= 0.6 is 0 Å². The molecule has 0 heterocycles. The maximum atomic E-state index is 12.5. The Bertz CT molecular complexity index is 876. The molecule has 3 rings (SSSR count). The van der Waals surface area contributed by atoms with E-state index < -0.39 is 10.0 Å². The summed E-state index contributed by atoms with van der Waals surface area (Å²) in [5.74, 6) is 0.253. The van der Waals surface area contributed by atoms with E-state index in [1.54, 1.807) is 36.4 Å². The molecule has 1 saturated carbocycles. The van der Waals surface area contributed by atoms with Crippen molar-refractivity contribution >= 4 is 27.3 Å². The number of para-hydroxylation sites is 2. The molecule has 0 aliphatic heterocycles. The highest BCUT2D eigenvalue weighted by molar-refractivity contribution is 7.93. The topological polar surface area (TPSA) is 84.5 Å². The van der Waals surface area contributed by atoms with Crippen molar-refractivity contribution in [3.63, 3.8) is 0 Å². The first-order valence-corrected chi connectivity index (χ1v) is 9.69. The fourth-order valence-electron chi connectivity index (χ4n) is 2.40. The van der Waals surface area contributed by atoms with Crippen molar-refractivity contribution in [1.29, 1.82) is 0 Å². The number of carbonyl (C=O) groups is 1. The third-order valence-corrected chi connectivity index (χ3v) is 5.65. The van der Waals surface area contributed by atoms with E-state index in [1.807, 2.05) is 13.0 Å². The molecule has 0 atom stereocenters. The van der Waals surface area contributed by atoms with Gasteiger partial charge in [0.15, 0.2) is 0 Å². The predicted octanol–water partition coefficient (Wildman–Crippen LogP) is 3.24. The quantitative estimate of drug-likeness (QED) is 0.794. The average molecular weight is 360 g/mol. The van der Waals surface area contributed by atoms with Crippen LogP contribution in [0.4, 0.5) is 11.4 Å². The lowest BCUT2D eigenvalue weighted by atomic mass is 10.2. The molecule has 1 amide bonds. The van der Waals surface area contributed by atoms with Crippen molar-refractivity contribution in [3.05, 3.63) is 54.1 Å². The van der Waals surface area contributed by atoms with Crippen LogP contribution in [0, 0.1) is 0 Å². The first-order valence-electron chi connectivity index (χ1n) is 8.14. The minimum atomic E-state index is -3.36. The number of nitrogens with one attached hydrogen (secondary N) is 2. The molecule has 1 fully saturated rings. The van der Waals surface area contributed by atoms with Gasteiger partial charge in [-0.15, -0.1) is 0 Å². The Morgan fingerprint density at radius 1 is 1.16 bits per heavy atom. The molecule has 2 aromatic rings. The lowest BCUT2D eigenvalue weighted by Crippen LogP contribution is -2.18. The van der Waals surface area contributed by atoms with Crippen LogP contribution in [0.3, 0.4) is 0 Å². The second kappa shape index (κ2) is 7.14. The van der Waals surface area contributed by atoms with Gasteiger partial charge in [-0.3, -0.25) is 9.52 Å². The van der Waals surface area contributed by atoms with Crippen LogP contribution in [0.2, 0.25) is 0 Å². The van der Waals surface area contributed by atoms with Gasteiger partial charge in [0.25, 0.3) is 5.91 Å². The van der Waals surface area contributed by atoms with Gasteiger partial charge in [-0.25, -0.2) is 8.42 Å². The number of carbonyl (C=O) groups excluding carboxylic acids is 1. The van der Waals surface area contributed by atoms with Crippen molar-refractivity contribution in [1.82, 2.24) is 0 Å². The number of ether oxygens (including phenoxy) is 1. The highest BCUT2D eigenvalue weighted by Crippen LogP contribution is 2.30. The lowest BCUT2D eigenvalue weighted by Gasteiger charge is -2.12. The van der Waals surface area contributed by atoms with Crippen LogP contribution in [-0.4, -0.2) is 26.2 Å². The summed E-state index contributed by atoms with van der Waals surface area (Å²) in [5, 5.41) is 2.48. The molecule has 1 aliphatic carbocycles. The van der Waals surface area contributed by atoms with Crippen molar-refractivity contribution < 1.29 is 17.9 Å². The van der Waals surface area contributed by atoms with Crippen LogP contribution in [0.25, 0.3) is 0 Å². The molecule has 2 N–H and O–H groups in total. The van der Waals surface area contributed by atoms with Gasteiger partial charge >= 0.3 is 0 Å². The van der Waals surface area contributed by atoms with Crippen LogP contribution in [0.15, 0.2) is 48.5 Å². The number of rotatable bonds is 7. The molecule has 25 heavy (non-hydrogen) atoms. The van der Waals surface area contributed by atoms with E-state index in [9.17, 15) is 13.2 Å². The highest BCUT2D eigenvalue weighted by Gasteiger charge is 2.35. The van der Waals surface area contributed by atoms with Crippen LogP contribution in [0.1, 0.15) is 30.1 Å². The van der Waals surface area contributed by atoms with Gasteiger partial charge < -0.3 is 10.1 Å². The van der Waals surface area contributed by atoms with Gasteiger partial charge in [-0.2, -0.15) is 0 Å². The zero-order chi connectivity index (χ0) is 17.9. The summed E-state index contributed by atoms with van der Waals surface area (Å²) in [5.41, 5.74) is 1.32. The van der Waals surface area contributed by atoms with E-state index in [1.165, 1.54) is 6.07 Å². The number of hydrogen-bond donors (Lipinski definition) is 2. The second-order valence-electron chi connectivity index (χ2n) is 5.81. The second-order valence-corrected chi connectivity index (χ2v) is 7.77. The number of benzene rings is 2. The van der Waals surface area contributed by atoms with Gasteiger partial charge in [-0.1, -0.05) is 18.2 Å². The Balaban J connectivity index is 1.75. The number of anilines is 2. The molecule has 0 spiro atoms. The summed E-state index contributed by atoms with van der Waals surface area (Å²) in [4.78, 5) is 12.5. The monoisotopic (exact) mass is 360 g/mol. The fraction of sp³-hybridized carbons (Fsp3) is 0.278. The Hall–Kier alpha value is -2.54. The number of hydrogen-bond acceptors (Lipinski definition) is 4. The molecule has 7 heteroatoms. The predicted molar refractivity (Wildman–Crippen MR) is 97.6 cm³/mol. The standard InChI is InChI=1S/C18H20N2O4S/c1-2-24-17-9-4-3-8-16(17)19-18(21)13-6-5-7-14(12-13)20-25(22,23)15-10-11-15/h3-9,12,15,20H,2,10-11H2,1H3,(H,19,21). The van der Waals surface area contributed by atoms with Crippen LogP contribution in [-0.2, 0) is 10.0 Å². The van der Waals surface area contributed by atoms with Crippen LogP contribution < -0.4 is 14.8 Å². The number of sulfonamides is 1. The fourth-order valence-corrected chi connectivity index (χ4v) is 3.77. The Kier molecular flexibility index (Phi) is 4.94. The summed E-state index contributed by atoms with van der Waals surface area (Å²) < 4.78 is 32.1. The van der Waals surface area contributed by atoms with Crippen molar-refractivity contribution in [2.24, 2.45) is 0 Å². The zero-order valence-corrected chi connectivity index (χ0v) is 14.7. The maximum Gasteiger partial charge on any atom is 0.255 e. The Morgan fingerprint density at radius 2 is 1.92 bits per heavy atom. The molecule has 0 saturated heterocycles. The van der Waals surface area contributed by atoms with Gasteiger partial charge in [0.2, 0.25) is 10.0 Å². The molecule has 1 aliphatic rings. The summed E-state index contributed by atoms with van der Waals surface area (Å²) in [7, 11) is -3.36. The Morgan fingerprint density at radius 3 is 2.64 bits per heavy atom. The summed E-state index contributed by atoms with van der Waals surface area (Å²) in [6.07, 6.45) is 1.37. The summed E-state index contributed by atoms with van der Waals surface area (Å²) in [6, 6.07) is 13.6. The van der Waals surface area contributed by atoms with Crippen molar-refractivity contribution in [3.8, 4) is 5.75 Å². The molecular formula is C18H20N2O4S. The van der Waals surface area contributed by atoms with Gasteiger partial charge in [0.05, 0.1) is 17.5 Å². The SMILES string of the molecule is CCOc1ccccc1NC(=O)c1cccc(NS(=O)(=O)C2CC2)c1. The van der Waals surface area contributed by atoms with E-state index >= 15 is 0 Å². The molecular weight excluding hydrogens is 340 g/mol. The Labute approximate surface area is 147 Å². The molecule has 0 aromatic heterocycles. The lowest BCUT2D eigenvalue weighted by molar-refractivity contribution is 0.102. The van der Waals surface area contributed by atoms with Gasteiger partial charge in [-0.05, 0) is 50.1 Å². The van der Waals surface area contributed by atoms with Crippen molar-refractivity contribution in [2.75, 3.05) is 16.6 Å². The minimum Gasteiger partial charge on any atom is -0.492 e. The van der Waals surface area contributed by atoms with E-state index in [-0.39, 0.29) is 11.2 Å². The third-order valence-electron chi connectivity index (χ3n) is 3.78. The first-order chi connectivity index (χ1) is 12.0. The normalized spacial score (nSPS) is 14.0. The molecule has 0 radical (unpaired) electrons. The smallest absolute Gasteiger partial charge is 0.255 e. The summed E-state index contributed by atoms with van der Waals surface area (Å²) >= 11 is 0. The maximum absolute atomic E-state index is 12.5. The van der Waals surface area contributed by atoms with E-state index in [2.05, 4.69) is 10.0 Å². The van der Waals surface area contributed by atoms with Gasteiger partial charge in [0.1, 0.15) is 5.75 Å². The van der Waals surface area contributed by atoms with E-state index in [0.717, 1.165) is 0 Å². The van der Waals surface area contributed by atoms with Gasteiger partial charge in [0, 0.05) is 11.3 Å². The summed E-state index contributed by atoms with van der Waals surface area (Å²) in [6.45, 7) is 2.36. The average Bonchev–Trinajstić information content (AvgIpc) is 3.42. The van der Waals surface area contributed by atoms with E-state index in [0.29, 0.717) is 42.1 Å². The third kappa shape index (κ3) is 4.30. The molecule has 0 bridgehead atoms. The van der Waals surface area contributed by atoms with Crippen LogP contribution in [0.5, 0.6) is 5.75 Å². The van der Waals surface area contributed by atoms with E-state index in [4.69, 9.17) is 4.74 Å². The molecule has 6 nitrogen and oxygen atoms in total. The zero-order valence-electron chi connectivity index (χ0n) is 13.9. The number of amides is 1. The van der Waals surface area contributed by atoms with Crippen molar-refractivity contribution in [2.45, 2.75) is 25.0 Å². The minimum absolute atomic E-state index is 0.317. The molecule has 132 valence electrons. The highest BCUT2D eigenvalue weighted by atomic mass is 32.2. The molecule has 0 unspecified atom stereocenters. The first kappa shape index (κ1) is 17.3. The molecule has 2 aromatic carbocycles. The largest absolute Gasteiger partial charge is 0.492 e.